The van der Waals surface area contributed by atoms with Crippen LogP contribution in [-0.4, -0.2) is 35.4 Å². The van der Waals surface area contributed by atoms with Gasteiger partial charge >= 0.3 is 5.97 Å². The molecule has 1 atom stereocenters. The van der Waals surface area contributed by atoms with Crippen molar-refractivity contribution in [1.82, 2.24) is 15.1 Å². The predicted molar refractivity (Wildman–Crippen MR) is 108 cm³/mol. The number of amides is 1. The average Bonchev–Trinajstić information content (AvgIpc) is 3.18. The van der Waals surface area contributed by atoms with Crippen LogP contribution in [0.15, 0.2) is 60.8 Å². The summed E-state index contributed by atoms with van der Waals surface area (Å²) in [4.78, 5) is 24.5. The maximum absolute atomic E-state index is 12.4. The molecular formula is C21H20ClN3O4. The van der Waals surface area contributed by atoms with Gasteiger partial charge in [0.2, 0.25) is 5.69 Å². The number of nitrogens with one attached hydrogen (secondary N) is 1. The van der Waals surface area contributed by atoms with Crippen LogP contribution in [0.5, 0.6) is 5.75 Å². The van der Waals surface area contributed by atoms with E-state index in [1.807, 2.05) is 49.4 Å². The lowest BCUT2D eigenvalue weighted by Gasteiger charge is -2.14. The minimum Gasteiger partial charge on any atom is -0.493 e. The van der Waals surface area contributed by atoms with E-state index in [2.05, 4.69) is 10.4 Å². The first-order chi connectivity index (χ1) is 14.0. The third kappa shape index (κ3) is 5.14. The number of carbonyl (C=O) groups excluding carboxylic acids is 2. The van der Waals surface area contributed by atoms with Crippen molar-refractivity contribution in [2.75, 3.05) is 13.7 Å². The van der Waals surface area contributed by atoms with Gasteiger partial charge in [-0.1, -0.05) is 41.9 Å². The van der Waals surface area contributed by atoms with Gasteiger partial charge in [0.1, 0.15) is 0 Å². The minimum atomic E-state index is -0.745. The summed E-state index contributed by atoms with van der Waals surface area (Å²) in [5.74, 6) is -0.915. The van der Waals surface area contributed by atoms with E-state index in [0.29, 0.717) is 5.02 Å². The quantitative estimate of drug-likeness (QED) is 0.599. The van der Waals surface area contributed by atoms with Crippen LogP contribution in [0.1, 0.15) is 29.0 Å². The Bertz CT molecular complexity index is 987. The van der Waals surface area contributed by atoms with Crippen molar-refractivity contribution in [2.24, 2.45) is 0 Å². The molecule has 0 unspecified atom stereocenters. The van der Waals surface area contributed by atoms with Crippen LogP contribution in [0.2, 0.25) is 5.02 Å². The Morgan fingerprint density at radius 3 is 2.48 bits per heavy atom. The van der Waals surface area contributed by atoms with Crippen molar-refractivity contribution in [1.29, 1.82) is 0 Å². The summed E-state index contributed by atoms with van der Waals surface area (Å²) in [5.41, 5.74) is 1.65. The van der Waals surface area contributed by atoms with Gasteiger partial charge in [-0.05, 0) is 36.8 Å². The molecule has 1 N–H and O–H groups in total. The molecule has 1 heterocycles. The third-order valence-electron chi connectivity index (χ3n) is 4.20. The van der Waals surface area contributed by atoms with E-state index in [1.54, 1.807) is 18.3 Å². The second-order valence-corrected chi connectivity index (χ2v) is 6.68. The Labute approximate surface area is 173 Å². The number of methoxy groups -OCH3 is 1. The average molecular weight is 414 g/mol. The van der Waals surface area contributed by atoms with Gasteiger partial charge in [-0.25, -0.2) is 9.48 Å². The van der Waals surface area contributed by atoms with E-state index in [1.165, 1.54) is 11.8 Å². The van der Waals surface area contributed by atoms with E-state index in [0.717, 1.165) is 11.3 Å². The Morgan fingerprint density at radius 2 is 1.83 bits per heavy atom. The Hall–Kier alpha value is -3.32. The van der Waals surface area contributed by atoms with Crippen molar-refractivity contribution in [3.8, 4) is 11.4 Å². The van der Waals surface area contributed by atoms with Crippen LogP contribution in [0.4, 0.5) is 0 Å². The number of hydrogen-bond acceptors (Lipinski definition) is 5. The van der Waals surface area contributed by atoms with Gasteiger partial charge in [-0.2, -0.15) is 5.10 Å². The summed E-state index contributed by atoms with van der Waals surface area (Å²) in [6.45, 7) is 1.39. The second-order valence-electron chi connectivity index (χ2n) is 6.24. The first-order valence-corrected chi connectivity index (χ1v) is 9.26. The molecule has 1 amide bonds. The number of ether oxygens (including phenoxy) is 2. The SMILES string of the molecule is COc1cn(-c2ccccc2)nc1C(=O)OCC(=O)N[C@H](C)c1ccc(Cl)cc1. The van der Waals surface area contributed by atoms with Gasteiger partial charge in [0.05, 0.1) is 25.0 Å². The maximum atomic E-state index is 12.4. The van der Waals surface area contributed by atoms with Crippen LogP contribution < -0.4 is 10.1 Å². The molecule has 0 fully saturated rings. The number of benzene rings is 2. The zero-order valence-electron chi connectivity index (χ0n) is 16.0. The molecule has 0 aliphatic heterocycles. The number of nitrogens with zero attached hydrogens (tertiary/aromatic N) is 2. The molecule has 8 heteroatoms. The van der Waals surface area contributed by atoms with Crippen LogP contribution in [0, 0.1) is 0 Å². The predicted octanol–water partition coefficient (Wildman–Crippen LogP) is 3.57. The lowest BCUT2D eigenvalue weighted by atomic mass is 10.1. The molecule has 150 valence electrons. The topological polar surface area (TPSA) is 82.5 Å². The van der Waals surface area contributed by atoms with E-state index in [9.17, 15) is 9.59 Å². The zero-order chi connectivity index (χ0) is 20.8. The van der Waals surface area contributed by atoms with E-state index >= 15 is 0 Å². The highest BCUT2D eigenvalue weighted by Crippen LogP contribution is 2.20. The lowest BCUT2D eigenvalue weighted by molar-refractivity contribution is -0.124. The normalized spacial score (nSPS) is 11.6. The van der Waals surface area contributed by atoms with E-state index < -0.39 is 18.5 Å². The van der Waals surface area contributed by atoms with E-state index in [-0.39, 0.29) is 17.5 Å². The number of aromatic nitrogens is 2. The number of carbonyl (C=O) groups is 2. The number of hydrogen-bond donors (Lipinski definition) is 1. The van der Waals surface area contributed by atoms with Gasteiger partial charge < -0.3 is 14.8 Å². The largest absolute Gasteiger partial charge is 0.493 e. The third-order valence-corrected chi connectivity index (χ3v) is 4.45. The fourth-order valence-electron chi connectivity index (χ4n) is 2.68. The molecule has 0 aliphatic carbocycles. The maximum Gasteiger partial charge on any atom is 0.363 e. The van der Waals surface area contributed by atoms with Gasteiger partial charge in [0, 0.05) is 5.02 Å². The molecule has 1 aromatic heterocycles. The van der Waals surface area contributed by atoms with Crippen molar-refractivity contribution in [3.63, 3.8) is 0 Å². The summed E-state index contributed by atoms with van der Waals surface area (Å²) in [7, 11) is 1.43. The van der Waals surface area contributed by atoms with Crippen molar-refractivity contribution in [3.05, 3.63) is 77.1 Å². The second kappa shape index (κ2) is 9.25. The summed E-state index contributed by atoms with van der Waals surface area (Å²) in [5, 5.41) is 7.60. The highest BCUT2D eigenvalue weighted by atomic mass is 35.5. The van der Waals surface area contributed by atoms with Crippen LogP contribution in [0.25, 0.3) is 5.69 Å². The summed E-state index contributed by atoms with van der Waals surface area (Å²) < 4.78 is 11.8. The molecule has 2 aromatic carbocycles. The summed E-state index contributed by atoms with van der Waals surface area (Å²) >= 11 is 5.87. The number of para-hydroxylation sites is 1. The first kappa shape index (κ1) is 20.4. The minimum absolute atomic E-state index is 0.00472. The van der Waals surface area contributed by atoms with Crippen molar-refractivity contribution in [2.45, 2.75) is 13.0 Å². The molecule has 0 saturated carbocycles. The van der Waals surface area contributed by atoms with Gasteiger partial charge in [-0.15, -0.1) is 0 Å². The van der Waals surface area contributed by atoms with Gasteiger partial charge in [0.15, 0.2) is 12.4 Å². The van der Waals surface area contributed by atoms with Crippen LogP contribution in [0.3, 0.4) is 0 Å². The highest BCUT2D eigenvalue weighted by molar-refractivity contribution is 6.30. The fourth-order valence-corrected chi connectivity index (χ4v) is 2.81. The first-order valence-electron chi connectivity index (χ1n) is 8.89. The summed E-state index contributed by atoms with van der Waals surface area (Å²) in [6, 6.07) is 16.1. The molecule has 0 bridgehead atoms. The van der Waals surface area contributed by atoms with Crippen molar-refractivity contribution < 1.29 is 19.1 Å². The zero-order valence-corrected chi connectivity index (χ0v) is 16.7. The Balaban J connectivity index is 1.61. The summed E-state index contributed by atoms with van der Waals surface area (Å²) in [6.07, 6.45) is 1.58. The highest BCUT2D eigenvalue weighted by Gasteiger charge is 2.21. The van der Waals surface area contributed by atoms with Crippen molar-refractivity contribution >= 4 is 23.5 Å². The molecular weight excluding hydrogens is 394 g/mol. The lowest BCUT2D eigenvalue weighted by Crippen LogP contribution is -2.31. The fraction of sp³-hybridized carbons (Fsp3) is 0.190. The number of rotatable bonds is 7. The van der Waals surface area contributed by atoms with Crippen LogP contribution >= 0.6 is 11.6 Å². The molecule has 7 nitrogen and oxygen atoms in total. The molecule has 29 heavy (non-hydrogen) atoms. The standard InChI is InChI=1S/C21H20ClN3O4/c1-14(15-8-10-16(22)11-9-15)23-19(26)13-29-21(27)20-18(28-2)12-25(24-20)17-6-4-3-5-7-17/h3-12,14H,13H2,1-2H3,(H,23,26)/t14-/m1/s1. The number of halogens is 1. The molecule has 0 spiro atoms. The van der Waals surface area contributed by atoms with E-state index in [4.69, 9.17) is 21.1 Å². The van der Waals surface area contributed by atoms with Crippen LogP contribution in [-0.2, 0) is 9.53 Å². The monoisotopic (exact) mass is 413 g/mol. The molecule has 0 aliphatic rings. The molecule has 0 radical (unpaired) electrons. The van der Waals surface area contributed by atoms with Gasteiger partial charge in [0.25, 0.3) is 5.91 Å². The molecule has 3 aromatic rings. The smallest absolute Gasteiger partial charge is 0.363 e. The van der Waals surface area contributed by atoms with Gasteiger partial charge in [-0.3, -0.25) is 4.79 Å². The number of esters is 1. The Kier molecular flexibility index (Phi) is 6.51. The molecule has 0 saturated heterocycles. The molecule has 3 rings (SSSR count). The Morgan fingerprint density at radius 1 is 1.14 bits per heavy atom.